The molecule has 1 amide bonds. The Hall–Kier alpha value is -3.21. The zero-order chi connectivity index (χ0) is 20.2. The first-order valence-electron chi connectivity index (χ1n) is 10.1. The molecule has 2 heterocycles. The van der Waals surface area contributed by atoms with Crippen LogP contribution in [-0.2, 0) is 4.79 Å². The highest BCUT2D eigenvalue weighted by Gasteiger charge is 2.26. The molecule has 2 aromatic carbocycles. The van der Waals surface area contributed by atoms with Crippen molar-refractivity contribution in [1.82, 2.24) is 9.97 Å². The van der Waals surface area contributed by atoms with Crippen molar-refractivity contribution in [2.75, 3.05) is 23.3 Å². The van der Waals surface area contributed by atoms with Crippen molar-refractivity contribution >= 4 is 17.5 Å². The minimum Gasteiger partial charge on any atom is -0.341 e. The van der Waals surface area contributed by atoms with Crippen molar-refractivity contribution in [3.05, 3.63) is 72.1 Å². The maximum atomic E-state index is 12.6. The second-order valence-electron chi connectivity index (χ2n) is 7.76. The van der Waals surface area contributed by atoms with Crippen molar-refractivity contribution in [3.63, 3.8) is 0 Å². The first-order chi connectivity index (χ1) is 14.1. The predicted octanol–water partition coefficient (Wildman–Crippen LogP) is 4.62. The van der Waals surface area contributed by atoms with Crippen molar-refractivity contribution < 1.29 is 4.79 Å². The lowest BCUT2D eigenvalue weighted by Gasteiger charge is -2.31. The van der Waals surface area contributed by atoms with E-state index in [0.717, 1.165) is 48.7 Å². The largest absolute Gasteiger partial charge is 0.341 e. The highest BCUT2D eigenvalue weighted by molar-refractivity contribution is 5.92. The summed E-state index contributed by atoms with van der Waals surface area (Å²) in [6.45, 7) is 5.69. The number of carbonyl (C=O) groups is 1. The standard InChI is InChI=1S/C24H26N4O/c1-17-6-8-22(9-7-17)27-23(29)19-10-12-28(13-11-19)24-25-15-21(16-26-24)20-5-3-4-18(2)14-20/h3-9,14-16,19H,10-13H2,1-2H3,(H,27,29). The molecule has 1 aliphatic heterocycles. The van der Waals surface area contributed by atoms with Gasteiger partial charge in [-0.1, -0.05) is 47.5 Å². The Morgan fingerprint density at radius 2 is 1.62 bits per heavy atom. The van der Waals surface area contributed by atoms with Gasteiger partial charge in [-0.05, 0) is 44.4 Å². The van der Waals surface area contributed by atoms with Gasteiger partial charge < -0.3 is 10.2 Å². The summed E-state index contributed by atoms with van der Waals surface area (Å²) in [4.78, 5) is 23.9. The number of rotatable bonds is 4. The Balaban J connectivity index is 1.34. The molecule has 1 N–H and O–H groups in total. The van der Waals surface area contributed by atoms with Gasteiger partial charge in [0.25, 0.3) is 0 Å². The molecular weight excluding hydrogens is 360 g/mol. The van der Waals surface area contributed by atoms with Crippen molar-refractivity contribution in [2.24, 2.45) is 5.92 Å². The fourth-order valence-electron chi connectivity index (χ4n) is 3.68. The molecule has 0 radical (unpaired) electrons. The van der Waals surface area contributed by atoms with Crippen molar-refractivity contribution in [2.45, 2.75) is 26.7 Å². The molecule has 0 aliphatic carbocycles. The third-order valence-electron chi connectivity index (χ3n) is 5.46. The lowest BCUT2D eigenvalue weighted by molar-refractivity contribution is -0.120. The van der Waals surface area contributed by atoms with Crippen molar-refractivity contribution in [3.8, 4) is 11.1 Å². The summed E-state index contributed by atoms with van der Waals surface area (Å²) in [5.41, 5.74) is 5.41. The molecule has 148 valence electrons. The molecular formula is C24H26N4O. The maximum Gasteiger partial charge on any atom is 0.227 e. The van der Waals surface area contributed by atoms with Crippen LogP contribution in [0.2, 0.25) is 0 Å². The SMILES string of the molecule is Cc1ccc(NC(=O)C2CCN(c3ncc(-c4cccc(C)c4)cn3)CC2)cc1. The highest BCUT2D eigenvalue weighted by atomic mass is 16.1. The van der Waals surface area contributed by atoms with E-state index in [1.165, 1.54) is 11.1 Å². The number of benzene rings is 2. The van der Waals surface area contributed by atoms with E-state index >= 15 is 0 Å². The molecule has 0 saturated carbocycles. The van der Waals surface area contributed by atoms with E-state index in [-0.39, 0.29) is 11.8 Å². The summed E-state index contributed by atoms with van der Waals surface area (Å²) in [5, 5.41) is 3.03. The van der Waals surface area contributed by atoms with Crippen LogP contribution in [0.15, 0.2) is 60.9 Å². The summed E-state index contributed by atoms with van der Waals surface area (Å²) in [7, 11) is 0. The Bertz CT molecular complexity index is 975. The van der Waals surface area contributed by atoms with Crippen LogP contribution in [-0.4, -0.2) is 29.0 Å². The third-order valence-corrected chi connectivity index (χ3v) is 5.46. The van der Waals surface area contributed by atoms with E-state index in [0.29, 0.717) is 0 Å². The summed E-state index contributed by atoms with van der Waals surface area (Å²) in [6.07, 6.45) is 5.38. The molecule has 4 rings (SSSR count). The van der Waals surface area contributed by atoms with Gasteiger partial charge in [0.2, 0.25) is 11.9 Å². The minimum absolute atomic E-state index is 0.0270. The van der Waals surface area contributed by atoms with E-state index in [4.69, 9.17) is 0 Å². The first-order valence-corrected chi connectivity index (χ1v) is 10.1. The molecule has 1 aliphatic rings. The number of aryl methyl sites for hydroxylation is 2. The number of nitrogens with zero attached hydrogens (tertiary/aromatic N) is 3. The summed E-state index contributed by atoms with van der Waals surface area (Å²) in [6, 6.07) is 16.3. The number of nitrogens with one attached hydrogen (secondary N) is 1. The van der Waals surface area contributed by atoms with Crippen molar-refractivity contribution in [1.29, 1.82) is 0 Å². The number of aromatic nitrogens is 2. The van der Waals surface area contributed by atoms with Crippen LogP contribution < -0.4 is 10.2 Å². The van der Waals surface area contributed by atoms with E-state index in [9.17, 15) is 4.79 Å². The van der Waals surface area contributed by atoms with Crippen LogP contribution in [0.1, 0.15) is 24.0 Å². The third kappa shape index (κ3) is 4.62. The zero-order valence-corrected chi connectivity index (χ0v) is 16.9. The van der Waals surface area contributed by atoms with Crippen LogP contribution in [0.4, 0.5) is 11.6 Å². The number of hydrogen-bond donors (Lipinski definition) is 1. The lowest BCUT2D eigenvalue weighted by Crippen LogP contribution is -2.39. The predicted molar refractivity (Wildman–Crippen MR) is 117 cm³/mol. The molecule has 0 bridgehead atoms. The number of amides is 1. The number of carbonyl (C=O) groups excluding carboxylic acids is 1. The van der Waals surface area contributed by atoms with Gasteiger partial charge in [-0.3, -0.25) is 4.79 Å². The monoisotopic (exact) mass is 386 g/mol. The molecule has 1 aromatic heterocycles. The number of piperidine rings is 1. The number of hydrogen-bond acceptors (Lipinski definition) is 4. The Morgan fingerprint density at radius 3 is 2.28 bits per heavy atom. The fourth-order valence-corrected chi connectivity index (χ4v) is 3.68. The molecule has 5 heteroatoms. The quantitative estimate of drug-likeness (QED) is 0.711. The molecule has 1 saturated heterocycles. The van der Waals surface area contributed by atoms with Gasteiger partial charge in [-0.15, -0.1) is 0 Å². The second kappa shape index (κ2) is 8.43. The van der Waals surface area contributed by atoms with Crippen LogP contribution in [0.3, 0.4) is 0 Å². The zero-order valence-electron chi connectivity index (χ0n) is 16.9. The van der Waals surface area contributed by atoms with E-state index in [2.05, 4.69) is 45.3 Å². The Morgan fingerprint density at radius 1 is 0.931 bits per heavy atom. The highest BCUT2D eigenvalue weighted by Crippen LogP contribution is 2.24. The molecule has 0 spiro atoms. The van der Waals surface area contributed by atoms with Crippen LogP contribution in [0.5, 0.6) is 0 Å². The molecule has 3 aromatic rings. The van der Waals surface area contributed by atoms with Crippen LogP contribution >= 0.6 is 0 Å². The summed E-state index contributed by atoms with van der Waals surface area (Å²) < 4.78 is 0. The maximum absolute atomic E-state index is 12.6. The average molecular weight is 386 g/mol. The van der Waals surface area contributed by atoms with Crippen LogP contribution in [0, 0.1) is 19.8 Å². The normalized spacial score (nSPS) is 14.6. The minimum atomic E-state index is 0.0270. The molecule has 0 atom stereocenters. The van der Waals surface area contributed by atoms with E-state index in [1.54, 1.807) is 0 Å². The Kier molecular flexibility index (Phi) is 5.56. The van der Waals surface area contributed by atoms with Gasteiger partial charge in [0.05, 0.1) is 0 Å². The smallest absolute Gasteiger partial charge is 0.227 e. The van der Waals surface area contributed by atoms with Crippen LogP contribution in [0.25, 0.3) is 11.1 Å². The van der Waals surface area contributed by atoms with E-state index < -0.39 is 0 Å². The molecule has 1 fully saturated rings. The fraction of sp³-hybridized carbons (Fsp3) is 0.292. The van der Waals surface area contributed by atoms with Gasteiger partial charge in [0.1, 0.15) is 0 Å². The molecule has 0 unspecified atom stereocenters. The van der Waals surface area contributed by atoms with Gasteiger partial charge in [-0.25, -0.2) is 9.97 Å². The Labute approximate surface area is 171 Å². The van der Waals surface area contributed by atoms with Gasteiger partial charge in [0, 0.05) is 42.7 Å². The molecule has 5 nitrogen and oxygen atoms in total. The van der Waals surface area contributed by atoms with Gasteiger partial charge >= 0.3 is 0 Å². The second-order valence-corrected chi connectivity index (χ2v) is 7.76. The lowest BCUT2D eigenvalue weighted by atomic mass is 9.96. The molecule has 29 heavy (non-hydrogen) atoms. The van der Waals surface area contributed by atoms with E-state index in [1.807, 2.05) is 49.6 Å². The summed E-state index contributed by atoms with van der Waals surface area (Å²) in [5.74, 6) is 0.863. The average Bonchev–Trinajstić information content (AvgIpc) is 2.75. The summed E-state index contributed by atoms with van der Waals surface area (Å²) >= 11 is 0. The van der Waals surface area contributed by atoms with Gasteiger partial charge in [-0.2, -0.15) is 0 Å². The number of anilines is 2. The van der Waals surface area contributed by atoms with Gasteiger partial charge in [0.15, 0.2) is 0 Å². The first kappa shape index (κ1) is 19.1. The topological polar surface area (TPSA) is 58.1 Å².